The highest BCUT2D eigenvalue weighted by molar-refractivity contribution is 6.31. The summed E-state index contributed by atoms with van der Waals surface area (Å²) in [7, 11) is 0. The number of hydrogen-bond acceptors (Lipinski definition) is 13. The number of nitrogens with one attached hydrogen (secondary N) is 5. The van der Waals surface area contributed by atoms with Crippen molar-refractivity contribution < 1.29 is 75.4 Å². The van der Waals surface area contributed by atoms with Gasteiger partial charge < -0.3 is 39.8 Å². The van der Waals surface area contributed by atoms with E-state index in [9.17, 15) is 65.3 Å². The summed E-state index contributed by atoms with van der Waals surface area (Å²) in [5, 5.41) is 47.7. The molecule has 314 valence electrons. The van der Waals surface area contributed by atoms with Crippen LogP contribution in [0.5, 0.6) is 0 Å². The summed E-state index contributed by atoms with van der Waals surface area (Å²) in [5.41, 5.74) is -0.802. The lowest BCUT2D eigenvalue weighted by atomic mass is 10.1. The van der Waals surface area contributed by atoms with Crippen molar-refractivity contribution in [3.63, 3.8) is 0 Å². The van der Waals surface area contributed by atoms with Crippen LogP contribution in [0.25, 0.3) is 0 Å². The smallest absolute Gasteiger partial charge is 0.394 e. The zero-order valence-corrected chi connectivity index (χ0v) is 29.5. The van der Waals surface area contributed by atoms with Gasteiger partial charge in [0.05, 0.1) is 43.5 Å². The number of halogens is 7. The van der Waals surface area contributed by atoms with Crippen molar-refractivity contribution in [2.75, 3.05) is 32.8 Å². The predicted octanol–water partition coefficient (Wildman–Crippen LogP) is -1.34. The van der Waals surface area contributed by atoms with Gasteiger partial charge in [-0.05, 0) is 6.42 Å². The van der Waals surface area contributed by atoms with Gasteiger partial charge in [-0.15, -0.1) is 0 Å². The van der Waals surface area contributed by atoms with Gasteiger partial charge in [-0.2, -0.15) is 26.3 Å². The number of carbonyl (C=O) groups is 4. The third-order valence-corrected chi connectivity index (χ3v) is 9.56. The maximum Gasteiger partial charge on any atom is 0.402 e. The predicted molar refractivity (Wildman–Crippen MR) is 172 cm³/mol. The minimum atomic E-state index is -4.78. The Morgan fingerprint density at radius 3 is 1.57 bits per heavy atom. The molecular weight excluding hydrogens is 802 g/mol. The number of alkyl halides is 6. The molecule has 0 saturated carbocycles. The normalized spacial score (nSPS) is 29.8. The molecule has 8 atom stereocenters. The van der Waals surface area contributed by atoms with Crippen LogP contribution >= 0.6 is 11.6 Å². The number of amides is 6. The van der Waals surface area contributed by atoms with Gasteiger partial charge >= 0.3 is 30.1 Å². The lowest BCUT2D eigenvalue weighted by Gasteiger charge is -2.36. The van der Waals surface area contributed by atoms with E-state index in [1.807, 2.05) is 4.98 Å². The zero-order valence-electron chi connectivity index (χ0n) is 28.7. The van der Waals surface area contributed by atoms with Crippen LogP contribution in [0.3, 0.4) is 0 Å². The maximum atomic E-state index is 12.7. The second kappa shape index (κ2) is 17.9. The average molecular weight is 839 g/mol. The van der Waals surface area contributed by atoms with Gasteiger partial charge in [0, 0.05) is 38.9 Å². The fraction of sp³-hybridized carbons (Fsp3) is 0.690. The Kier molecular flexibility index (Phi) is 14.1. The Morgan fingerprint density at radius 2 is 1.21 bits per heavy atom. The number of hydrogen-bond donors (Lipinski definition) is 9. The first-order chi connectivity index (χ1) is 26.0. The zero-order chi connectivity index (χ0) is 41.9. The van der Waals surface area contributed by atoms with Crippen LogP contribution in [-0.2, 0) is 25.6 Å². The second-order valence-corrected chi connectivity index (χ2v) is 13.4. The number of aromatic nitrogens is 2. The van der Waals surface area contributed by atoms with Crippen LogP contribution in [0, 0.1) is 17.2 Å². The molecule has 5 fully saturated rings. The number of likely N-dealkylation sites (tertiary alicyclic amines) is 1. The number of imide groups is 2. The number of aliphatic hydroxyl groups is 4. The summed E-state index contributed by atoms with van der Waals surface area (Å²) in [6.45, 7) is -1.72. The van der Waals surface area contributed by atoms with Gasteiger partial charge in [-0.1, -0.05) is 11.6 Å². The minimum absolute atomic E-state index is 0.0145. The van der Waals surface area contributed by atoms with Crippen LogP contribution in [0.1, 0.15) is 31.4 Å². The summed E-state index contributed by atoms with van der Waals surface area (Å²) >= 11 is 5.78. The van der Waals surface area contributed by atoms with E-state index in [-0.39, 0.29) is 17.9 Å². The first-order valence-electron chi connectivity index (χ1n) is 16.6. The summed E-state index contributed by atoms with van der Waals surface area (Å²) < 4.78 is 86.2. The molecule has 1 aromatic heterocycles. The van der Waals surface area contributed by atoms with Gasteiger partial charge in [0.15, 0.2) is 11.8 Å². The molecule has 0 bridgehead atoms. The van der Waals surface area contributed by atoms with Crippen LogP contribution in [0.2, 0.25) is 5.02 Å². The van der Waals surface area contributed by atoms with E-state index in [0.29, 0.717) is 27.9 Å². The van der Waals surface area contributed by atoms with E-state index >= 15 is 0 Å². The molecule has 9 N–H and O–H groups in total. The largest absolute Gasteiger partial charge is 0.402 e. The van der Waals surface area contributed by atoms with Gasteiger partial charge in [-0.3, -0.25) is 45.2 Å². The fourth-order valence-electron chi connectivity index (χ4n) is 6.12. The SMILES string of the molecule is N=C1CCCN1Cc1[nH]c(=O)[nH]c(=O)c1Cl.O=C1NC(=O)N([C@H]2C[C@H](O)[C@@H](CO)O2)CC1C(F)(F)F.O=C1NC(=O)N([C@H]2C[C@H](O)[C@@H](CO)O2)CC1C(F)(F)F. The number of nitrogens with zero attached hydrogens (tertiary/aromatic N) is 3. The van der Waals surface area contributed by atoms with Crippen LogP contribution in [-0.4, -0.2) is 157 Å². The molecule has 0 aliphatic carbocycles. The summed E-state index contributed by atoms with van der Waals surface area (Å²) in [4.78, 5) is 75.6. The van der Waals surface area contributed by atoms with Crippen molar-refractivity contribution in [2.45, 2.75) is 81.5 Å². The molecule has 0 spiro atoms. The molecule has 1 aromatic rings. The molecule has 5 aliphatic heterocycles. The Bertz CT molecular complexity index is 1690. The van der Waals surface area contributed by atoms with E-state index in [1.54, 1.807) is 15.5 Å². The molecule has 0 aromatic carbocycles. The Morgan fingerprint density at radius 1 is 0.768 bits per heavy atom. The Balaban J connectivity index is 0.000000188. The van der Waals surface area contributed by atoms with Crippen molar-refractivity contribution in [3.05, 3.63) is 31.6 Å². The quantitative estimate of drug-likeness (QED) is 0.150. The molecule has 6 heterocycles. The van der Waals surface area contributed by atoms with E-state index in [4.69, 9.17) is 36.7 Å². The fourth-order valence-corrected chi connectivity index (χ4v) is 6.28. The minimum Gasteiger partial charge on any atom is -0.394 e. The average Bonchev–Trinajstić information content (AvgIpc) is 3.79. The van der Waals surface area contributed by atoms with Gasteiger partial charge in [-0.25, -0.2) is 14.4 Å². The number of aliphatic hydroxyl groups excluding tert-OH is 4. The molecule has 0 radical (unpaired) electrons. The Labute approximate surface area is 315 Å². The van der Waals surface area contributed by atoms with Crippen LogP contribution in [0.15, 0.2) is 9.59 Å². The number of carbonyl (C=O) groups excluding carboxylic acids is 4. The van der Waals surface area contributed by atoms with Gasteiger partial charge in [0.1, 0.15) is 29.7 Å². The summed E-state index contributed by atoms with van der Waals surface area (Å²) in [6.07, 6.45) is -14.5. The molecule has 5 saturated heterocycles. The molecule has 27 heteroatoms. The number of ether oxygens (including phenoxy) is 2. The van der Waals surface area contributed by atoms with E-state index in [1.165, 1.54) is 0 Å². The highest BCUT2D eigenvalue weighted by Crippen LogP contribution is 2.34. The lowest BCUT2D eigenvalue weighted by Crippen LogP contribution is -2.60. The van der Waals surface area contributed by atoms with Crippen molar-refractivity contribution in [2.24, 2.45) is 11.8 Å². The molecule has 2 unspecified atom stereocenters. The first kappa shape index (κ1) is 44.4. The van der Waals surface area contributed by atoms with Crippen molar-refractivity contribution in [3.8, 4) is 0 Å². The van der Waals surface area contributed by atoms with Crippen molar-refractivity contribution in [1.82, 2.24) is 35.3 Å². The third kappa shape index (κ3) is 10.5. The summed E-state index contributed by atoms with van der Waals surface area (Å²) in [5.74, 6) is -6.98. The van der Waals surface area contributed by atoms with Gasteiger partial charge in [0.25, 0.3) is 5.56 Å². The van der Waals surface area contributed by atoms with E-state index in [0.717, 1.165) is 19.4 Å². The van der Waals surface area contributed by atoms with Crippen LogP contribution in [0.4, 0.5) is 35.9 Å². The number of amidine groups is 1. The van der Waals surface area contributed by atoms with E-state index < -0.39 is 122 Å². The lowest BCUT2D eigenvalue weighted by molar-refractivity contribution is -0.193. The van der Waals surface area contributed by atoms with Crippen molar-refractivity contribution in [1.29, 1.82) is 5.41 Å². The number of rotatable bonds is 6. The maximum absolute atomic E-state index is 12.7. The molecule has 5 aliphatic rings. The monoisotopic (exact) mass is 838 g/mol. The number of aromatic amines is 2. The first-order valence-corrected chi connectivity index (χ1v) is 17.0. The number of urea groups is 2. The van der Waals surface area contributed by atoms with Gasteiger partial charge in [0.2, 0.25) is 11.8 Å². The standard InChI is InChI=1S/2C10H13F3N2O5.C9H11ClN4O2/c2*11-10(12,13)4-2-15(9(19)14-8(4)18)7-1-5(17)6(3-16)20-7;10-7-5(12-9(16)13-8(7)15)4-14-3-1-2-6(14)11/h2*4-7,16-17H,1-3H2,(H,14,18,19);11H,1-4H2,(H2,12,13,15,16)/t2*4?,5-,6+,7+;/m00./s1. The van der Waals surface area contributed by atoms with Crippen LogP contribution < -0.4 is 21.9 Å². The molecule has 6 rings (SSSR count). The highest BCUT2D eigenvalue weighted by atomic mass is 35.5. The third-order valence-electron chi connectivity index (χ3n) is 9.16. The number of H-pyrrole nitrogens is 2. The summed E-state index contributed by atoms with van der Waals surface area (Å²) in [6, 6.07) is -2.02. The molecular formula is C29H37ClF6N8O12. The Hall–Kier alpha value is -4.34. The molecule has 6 amide bonds. The highest BCUT2D eigenvalue weighted by Gasteiger charge is 2.53. The molecule has 56 heavy (non-hydrogen) atoms. The molecule has 20 nitrogen and oxygen atoms in total. The topological polar surface area (TPSA) is 291 Å². The van der Waals surface area contributed by atoms with Crippen molar-refractivity contribution >= 4 is 41.3 Å². The second-order valence-electron chi connectivity index (χ2n) is 13.0. The van der Waals surface area contributed by atoms with E-state index in [2.05, 4.69) is 4.98 Å².